The zero-order valence-electron chi connectivity index (χ0n) is 11.5. The van der Waals surface area contributed by atoms with Crippen LogP contribution >= 0.6 is 0 Å². The summed E-state index contributed by atoms with van der Waals surface area (Å²) in [4.78, 5) is 0. The van der Waals surface area contributed by atoms with Gasteiger partial charge in [-0.05, 0) is 35.6 Å². The van der Waals surface area contributed by atoms with Gasteiger partial charge in [0.2, 0.25) is 0 Å². The molecule has 1 saturated carbocycles. The number of hydrogen-bond donors (Lipinski definition) is 1. The van der Waals surface area contributed by atoms with Crippen molar-refractivity contribution in [3.63, 3.8) is 0 Å². The van der Waals surface area contributed by atoms with Gasteiger partial charge in [-0.1, -0.05) is 42.5 Å². The number of rotatable bonds is 5. The van der Waals surface area contributed by atoms with Crippen LogP contribution in [0.5, 0.6) is 0 Å². The highest BCUT2D eigenvalue weighted by atomic mass is 16.5. The van der Waals surface area contributed by atoms with Crippen LogP contribution in [0.1, 0.15) is 24.8 Å². The van der Waals surface area contributed by atoms with Crippen molar-refractivity contribution in [2.45, 2.75) is 31.4 Å². The number of hydrogen-bond acceptors (Lipinski definition) is 2. The van der Waals surface area contributed by atoms with Crippen LogP contribution in [0.15, 0.2) is 42.5 Å². The van der Waals surface area contributed by atoms with Crippen molar-refractivity contribution in [3.8, 4) is 0 Å². The Morgan fingerprint density at radius 1 is 1.11 bits per heavy atom. The molecule has 1 aliphatic carbocycles. The average molecular weight is 255 g/mol. The standard InChI is InChI=1S/C17H21NO/c1-19-17(10-5-11-17)13-18-12-15-8-4-7-14-6-2-3-9-16(14)15/h2-4,6-9,18H,5,10-13H2,1H3. The molecule has 0 amide bonds. The third-order valence-electron chi connectivity index (χ3n) is 4.34. The number of methoxy groups -OCH3 is 1. The summed E-state index contributed by atoms with van der Waals surface area (Å²) >= 11 is 0. The summed E-state index contributed by atoms with van der Waals surface area (Å²) < 4.78 is 5.64. The van der Waals surface area contributed by atoms with Crippen LogP contribution in [0.3, 0.4) is 0 Å². The molecule has 2 aromatic carbocycles. The molecule has 0 bridgehead atoms. The predicted octanol–water partition coefficient (Wildman–Crippen LogP) is 3.50. The molecule has 0 atom stereocenters. The number of ether oxygens (including phenoxy) is 1. The molecule has 2 heteroatoms. The smallest absolute Gasteiger partial charge is 0.0802 e. The van der Waals surface area contributed by atoms with Crippen molar-refractivity contribution in [2.24, 2.45) is 0 Å². The second-order valence-corrected chi connectivity index (χ2v) is 5.48. The maximum Gasteiger partial charge on any atom is 0.0802 e. The summed E-state index contributed by atoms with van der Waals surface area (Å²) in [5, 5.41) is 6.22. The van der Waals surface area contributed by atoms with Crippen molar-refractivity contribution >= 4 is 10.8 Å². The molecule has 3 rings (SSSR count). The lowest BCUT2D eigenvalue weighted by molar-refractivity contribution is -0.0695. The van der Waals surface area contributed by atoms with Gasteiger partial charge in [0.25, 0.3) is 0 Å². The Hall–Kier alpha value is -1.38. The number of benzene rings is 2. The van der Waals surface area contributed by atoms with Crippen molar-refractivity contribution < 1.29 is 4.74 Å². The zero-order valence-corrected chi connectivity index (χ0v) is 11.5. The van der Waals surface area contributed by atoms with E-state index in [1.54, 1.807) is 0 Å². The summed E-state index contributed by atoms with van der Waals surface area (Å²) in [7, 11) is 1.83. The maximum absolute atomic E-state index is 5.64. The highest BCUT2D eigenvalue weighted by Crippen LogP contribution is 2.34. The molecule has 0 aliphatic heterocycles. The summed E-state index contributed by atoms with van der Waals surface area (Å²) in [5.41, 5.74) is 1.47. The molecule has 0 spiro atoms. The summed E-state index contributed by atoms with van der Waals surface area (Å²) in [5.74, 6) is 0. The lowest BCUT2D eigenvalue weighted by Gasteiger charge is -2.40. The minimum absolute atomic E-state index is 0.102. The Balaban J connectivity index is 1.68. The van der Waals surface area contributed by atoms with Crippen molar-refractivity contribution in [3.05, 3.63) is 48.0 Å². The Morgan fingerprint density at radius 2 is 1.89 bits per heavy atom. The Kier molecular flexibility index (Phi) is 3.54. The minimum Gasteiger partial charge on any atom is -0.377 e. The molecule has 2 nitrogen and oxygen atoms in total. The zero-order chi connectivity index (χ0) is 13.1. The second kappa shape index (κ2) is 5.32. The van der Waals surface area contributed by atoms with Gasteiger partial charge >= 0.3 is 0 Å². The molecular formula is C17H21NO. The van der Waals surface area contributed by atoms with Crippen LogP contribution in [0, 0.1) is 0 Å². The fraction of sp³-hybridized carbons (Fsp3) is 0.412. The van der Waals surface area contributed by atoms with E-state index >= 15 is 0 Å². The maximum atomic E-state index is 5.64. The van der Waals surface area contributed by atoms with Gasteiger partial charge in [0.1, 0.15) is 0 Å². The Morgan fingerprint density at radius 3 is 2.63 bits per heavy atom. The van der Waals surface area contributed by atoms with E-state index in [4.69, 9.17) is 4.74 Å². The van der Waals surface area contributed by atoms with Crippen molar-refractivity contribution in [1.82, 2.24) is 5.32 Å². The first-order valence-corrected chi connectivity index (χ1v) is 7.06. The highest BCUT2D eigenvalue weighted by Gasteiger charge is 2.36. The molecule has 1 N–H and O–H groups in total. The normalized spacial score (nSPS) is 17.3. The molecule has 0 unspecified atom stereocenters. The third kappa shape index (κ3) is 2.51. The number of nitrogens with one attached hydrogen (secondary N) is 1. The van der Waals surface area contributed by atoms with Crippen LogP contribution in [-0.4, -0.2) is 19.3 Å². The van der Waals surface area contributed by atoms with E-state index in [2.05, 4.69) is 47.8 Å². The number of fused-ring (bicyclic) bond motifs is 1. The fourth-order valence-corrected chi connectivity index (χ4v) is 2.90. The van der Waals surface area contributed by atoms with E-state index in [1.165, 1.54) is 35.6 Å². The molecule has 2 aromatic rings. The van der Waals surface area contributed by atoms with Crippen LogP contribution in [0.4, 0.5) is 0 Å². The first-order valence-electron chi connectivity index (χ1n) is 7.06. The van der Waals surface area contributed by atoms with Gasteiger partial charge in [0, 0.05) is 20.2 Å². The van der Waals surface area contributed by atoms with Crippen LogP contribution in [0.2, 0.25) is 0 Å². The lowest BCUT2D eigenvalue weighted by atomic mass is 9.80. The molecule has 0 radical (unpaired) electrons. The molecule has 1 aliphatic rings. The summed E-state index contributed by atoms with van der Waals surface area (Å²) in [6.07, 6.45) is 3.67. The lowest BCUT2D eigenvalue weighted by Crippen LogP contribution is -2.47. The Bertz CT molecular complexity index is 549. The van der Waals surface area contributed by atoms with Crippen LogP contribution in [0.25, 0.3) is 10.8 Å². The topological polar surface area (TPSA) is 21.3 Å². The largest absolute Gasteiger partial charge is 0.377 e. The van der Waals surface area contributed by atoms with Gasteiger partial charge in [-0.3, -0.25) is 0 Å². The molecule has 0 aromatic heterocycles. The molecule has 100 valence electrons. The SMILES string of the molecule is COC1(CNCc2cccc3ccccc23)CCC1. The van der Waals surface area contributed by atoms with Gasteiger partial charge in [0.05, 0.1) is 5.60 Å². The quantitative estimate of drug-likeness (QED) is 0.883. The Labute approximate surface area is 114 Å². The fourth-order valence-electron chi connectivity index (χ4n) is 2.90. The molecule has 0 heterocycles. The minimum atomic E-state index is 0.102. The molecule has 0 saturated heterocycles. The second-order valence-electron chi connectivity index (χ2n) is 5.48. The summed E-state index contributed by atoms with van der Waals surface area (Å²) in [6, 6.07) is 15.1. The summed E-state index contributed by atoms with van der Waals surface area (Å²) in [6.45, 7) is 1.86. The average Bonchev–Trinajstić information content (AvgIpc) is 2.42. The molecular weight excluding hydrogens is 234 g/mol. The van der Waals surface area contributed by atoms with Gasteiger partial charge in [0.15, 0.2) is 0 Å². The molecule has 1 fully saturated rings. The first kappa shape index (κ1) is 12.6. The van der Waals surface area contributed by atoms with Gasteiger partial charge in [-0.15, -0.1) is 0 Å². The van der Waals surface area contributed by atoms with Gasteiger partial charge in [-0.2, -0.15) is 0 Å². The van der Waals surface area contributed by atoms with E-state index in [1.807, 2.05) is 7.11 Å². The van der Waals surface area contributed by atoms with E-state index in [9.17, 15) is 0 Å². The van der Waals surface area contributed by atoms with E-state index in [-0.39, 0.29) is 5.60 Å². The van der Waals surface area contributed by atoms with Gasteiger partial charge < -0.3 is 10.1 Å². The van der Waals surface area contributed by atoms with Crippen LogP contribution < -0.4 is 5.32 Å². The molecule has 19 heavy (non-hydrogen) atoms. The third-order valence-corrected chi connectivity index (χ3v) is 4.34. The van der Waals surface area contributed by atoms with Crippen molar-refractivity contribution in [2.75, 3.05) is 13.7 Å². The predicted molar refractivity (Wildman–Crippen MR) is 79.2 cm³/mol. The van der Waals surface area contributed by atoms with Gasteiger partial charge in [-0.25, -0.2) is 0 Å². The van der Waals surface area contributed by atoms with E-state index < -0.39 is 0 Å². The van der Waals surface area contributed by atoms with E-state index in [0.717, 1.165) is 13.1 Å². The highest BCUT2D eigenvalue weighted by molar-refractivity contribution is 5.85. The monoisotopic (exact) mass is 255 g/mol. The first-order chi connectivity index (χ1) is 9.33. The van der Waals surface area contributed by atoms with E-state index in [0.29, 0.717) is 0 Å². The van der Waals surface area contributed by atoms with Crippen LogP contribution in [-0.2, 0) is 11.3 Å². The van der Waals surface area contributed by atoms with Crippen molar-refractivity contribution in [1.29, 1.82) is 0 Å².